The molecule has 4 aromatic rings. The number of anilines is 1. The molecule has 1 aliphatic rings. The summed E-state index contributed by atoms with van der Waals surface area (Å²) in [6, 6.07) is 5.65. The van der Waals surface area contributed by atoms with E-state index in [9.17, 15) is 4.79 Å². The van der Waals surface area contributed by atoms with Crippen molar-refractivity contribution in [2.45, 2.75) is 37.8 Å². The largest absolute Gasteiger partial charge is 0.489 e. The number of ether oxygens (including phenoxy) is 1. The molecule has 0 saturated heterocycles. The Morgan fingerprint density at radius 3 is 2.59 bits per heavy atom. The Balaban J connectivity index is 1.40. The van der Waals surface area contributed by atoms with Crippen molar-refractivity contribution in [1.29, 1.82) is 0 Å². The van der Waals surface area contributed by atoms with Crippen LogP contribution in [-0.2, 0) is 14.1 Å². The third kappa shape index (κ3) is 3.74. The Hall–Kier alpha value is -3.62. The van der Waals surface area contributed by atoms with Gasteiger partial charge in [0.1, 0.15) is 17.3 Å². The molecule has 32 heavy (non-hydrogen) atoms. The van der Waals surface area contributed by atoms with Crippen molar-refractivity contribution in [1.82, 2.24) is 29.1 Å². The first kappa shape index (κ1) is 20.3. The molecule has 1 saturated carbocycles. The van der Waals surface area contributed by atoms with Crippen molar-refractivity contribution in [3.05, 3.63) is 53.3 Å². The second-order valence-corrected chi connectivity index (χ2v) is 8.39. The van der Waals surface area contributed by atoms with E-state index < -0.39 is 0 Å². The summed E-state index contributed by atoms with van der Waals surface area (Å²) in [5.41, 5.74) is 2.94. The average molecular weight is 434 g/mol. The number of fused-ring (bicyclic) bond motifs is 1. The van der Waals surface area contributed by atoms with Crippen molar-refractivity contribution in [3.63, 3.8) is 0 Å². The average Bonchev–Trinajstić information content (AvgIpc) is 3.40. The summed E-state index contributed by atoms with van der Waals surface area (Å²) in [6.07, 6.45) is 11.4. The molecule has 0 aliphatic heterocycles. The van der Waals surface area contributed by atoms with Crippen molar-refractivity contribution in [2.75, 3.05) is 12.4 Å². The van der Waals surface area contributed by atoms with E-state index in [1.165, 1.54) is 0 Å². The Morgan fingerprint density at radius 2 is 1.91 bits per heavy atom. The zero-order valence-corrected chi connectivity index (χ0v) is 18.5. The fraction of sp³-hybridized carbons (Fsp3) is 0.391. The van der Waals surface area contributed by atoms with Crippen LogP contribution in [0.25, 0.3) is 22.2 Å². The molecule has 1 fully saturated rings. The quantitative estimate of drug-likeness (QED) is 0.520. The second-order valence-electron chi connectivity index (χ2n) is 8.39. The lowest BCUT2D eigenvalue weighted by molar-refractivity contribution is 0.130. The molecule has 0 amide bonds. The number of pyridine rings is 2. The van der Waals surface area contributed by atoms with Crippen LogP contribution >= 0.6 is 0 Å². The second kappa shape index (κ2) is 8.14. The van der Waals surface area contributed by atoms with Crippen LogP contribution in [-0.4, -0.2) is 42.3 Å². The highest BCUT2D eigenvalue weighted by atomic mass is 16.5. The summed E-state index contributed by atoms with van der Waals surface area (Å²) in [5, 5.41) is 13.5. The van der Waals surface area contributed by atoms with E-state index in [-0.39, 0.29) is 17.7 Å². The van der Waals surface area contributed by atoms with Gasteiger partial charge in [-0.2, -0.15) is 10.2 Å². The van der Waals surface area contributed by atoms with Crippen LogP contribution in [0.5, 0.6) is 5.75 Å². The van der Waals surface area contributed by atoms with Gasteiger partial charge in [-0.05, 0) is 31.7 Å². The van der Waals surface area contributed by atoms with E-state index in [1.54, 1.807) is 34.6 Å². The predicted octanol–water partition coefficient (Wildman–Crippen LogP) is 3.13. The van der Waals surface area contributed by atoms with E-state index in [0.29, 0.717) is 0 Å². The fourth-order valence-corrected chi connectivity index (χ4v) is 4.44. The third-order valence-electron chi connectivity index (χ3n) is 6.18. The molecule has 166 valence electrons. The first-order chi connectivity index (χ1) is 15.5. The van der Waals surface area contributed by atoms with Gasteiger partial charge < -0.3 is 14.6 Å². The van der Waals surface area contributed by atoms with Crippen molar-refractivity contribution in [3.8, 4) is 17.0 Å². The van der Waals surface area contributed by atoms with E-state index in [0.717, 1.165) is 59.4 Å². The van der Waals surface area contributed by atoms with Gasteiger partial charge in [0.15, 0.2) is 0 Å². The number of aryl methyl sites for hydroxylation is 2. The highest BCUT2D eigenvalue weighted by Crippen LogP contribution is 2.36. The number of rotatable bonds is 5. The van der Waals surface area contributed by atoms with Crippen LogP contribution in [0.2, 0.25) is 0 Å². The van der Waals surface area contributed by atoms with Gasteiger partial charge in [-0.3, -0.25) is 14.2 Å². The molecule has 5 rings (SSSR count). The predicted molar refractivity (Wildman–Crippen MR) is 123 cm³/mol. The Labute approximate surface area is 185 Å². The monoisotopic (exact) mass is 433 g/mol. The number of nitrogens with zero attached hydrogens (tertiary/aromatic N) is 6. The molecule has 0 spiro atoms. The number of hydrogen-bond acceptors (Lipinski definition) is 6. The topological polar surface area (TPSA) is 91.8 Å². The molecule has 0 aromatic carbocycles. The smallest absolute Gasteiger partial charge is 0.250 e. The van der Waals surface area contributed by atoms with Crippen LogP contribution < -0.4 is 15.6 Å². The summed E-state index contributed by atoms with van der Waals surface area (Å²) in [7, 11) is 5.52. The van der Waals surface area contributed by atoms with E-state index >= 15 is 0 Å². The molecular formula is C23H27N7O2. The summed E-state index contributed by atoms with van der Waals surface area (Å²) in [6.45, 7) is 0. The van der Waals surface area contributed by atoms with Crippen LogP contribution in [0, 0.1) is 0 Å². The van der Waals surface area contributed by atoms with Crippen LogP contribution in [0.4, 0.5) is 5.82 Å². The zero-order valence-electron chi connectivity index (χ0n) is 18.5. The van der Waals surface area contributed by atoms with E-state index in [1.807, 2.05) is 32.7 Å². The van der Waals surface area contributed by atoms with Gasteiger partial charge in [0, 0.05) is 62.8 Å². The van der Waals surface area contributed by atoms with Crippen LogP contribution in [0.3, 0.4) is 0 Å². The maximum Gasteiger partial charge on any atom is 0.250 e. The lowest BCUT2D eigenvalue weighted by Gasteiger charge is -2.29. The summed E-state index contributed by atoms with van der Waals surface area (Å²) < 4.78 is 11.6. The lowest BCUT2D eigenvalue weighted by atomic mass is 9.93. The molecule has 0 unspecified atom stereocenters. The van der Waals surface area contributed by atoms with Crippen LogP contribution in [0.15, 0.2) is 47.8 Å². The standard InChI is InChI=1S/C23H27N7O2/c1-24-21-10-20-19(12-25-21)23(15-11-26-29(3)13-15)27-30(20)16-4-6-17(7-5-16)32-18-8-9-22(31)28(2)14-18/h8-14,16-17H,4-7H2,1-3H3,(H,24,25). The highest BCUT2D eigenvalue weighted by molar-refractivity contribution is 5.93. The van der Waals surface area contributed by atoms with Gasteiger partial charge in [-0.1, -0.05) is 0 Å². The molecule has 0 atom stereocenters. The maximum absolute atomic E-state index is 11.6. The highest BCUT2D eigenvalue weighted by Gasteiger charge is 2.27. The first-order valence-electron chi connectivity index (χ1n) is 10.9. The van der Waals surface area contributed by atoms with Gasteiger partial charge in [-0.15, -0.1) is 0 Å². The minimum absolute atomic E-state index is 0.0357. The van der Waals surface area contributed by atoms with E-state index in [4.69, 9.17) is 9.84 Å². The van der Waals surface area contributed by atoms with Gasteiger partial charge in [0.05, 0.1) is 23.9 Å². The Morgan fingerprint density at radius 1 is 1.09 bits per heavy atom. The fourth-order valence-electron chi connectivity index (χ4n) is 4.44. The molecule has 0 radical (unpaired) electrons. The summed E-state index contributed by atoms with van der Waals surface area (Å²) >= 11 is 0. The zero-order chi connectivity index (χ0) is 22.2. The Kier molecular flexibility index (Phi) is 5.16. The number of nitrogens with one attached hydrogen (secondary N) is 1. The lowest BCUT2D eigenvalue weighted by Crippen LogP contribution is -2.27. The van der Waals surface area contributed by atoms with Gasteiger partial charge >= 0.3 is 0 Å². The van der Waals surface area contributed by atoms with Crippen molar-refractivity contribution < 1.29 is 4.74 Å². The number of aromatic nitrogens is 6. The molecule has 1 N–H and O–H groups in total. The molecule has 1 aliphatic carbocycles. The minimum Gasteiger partial charge on any atom is -0.489 e. The van der Waals surface area contributed by atoms with E-state index in [2.05, 4.69) is 26.1 Å². The number of hydrogen-bond donors (Lipinski definition) is 1. The summed E-state index contributed by atoms with van der Waals surface area (Å²) in [5.74, 6) is 1.56. The van der Waals surface area contributed by atoms with Crippen molar-refractivity contribution >= 4 is 16.7 Å². The van der Waals surface area contributed by atoms with Crippen LogP contribution in [0.1, 0.15) is 31.7 Å². The molecular weight excluding hydrogens is 406 g/mol. The molecule has 9 heteroatoms. The van der Waals surface area contributed by atoms with Crippen molar-refractivity contribution in [2.24, 2.45) is 14.1 Å². The summed E-state index contributed by atoms with van der Waals surface area (Å²) in [4.78, 5) is 16.1. The molecule has 9 nitrogen and oxygen atoms in total. The minimum atomic E-state index is -0.0357. The van der Waals surface area contributed by atoms with Gasteiger partial charge in [0.2, 0.25) is 5.56 Å². The molecule has 0 bridgehead atoms. The molecule has 4 aromatic heterocycles. The molecule has 4 heterocycles. The maximum atomic E-state index is 11.6. The SMILES string of the molecule is CNc1cc2c(cn1)c(-c1cnn(C)c1)nn2C1CCC(Oc2ccc(=O)n(C)c2)CC1. The van der Waals surface area contributed by atoms with Gasteiger partial charge in [-0.25, -0.2) is 4.98 Å². The Bertz CT molecular complexity index is 1310. The van der Waals surface area contributed by atoms with Gasteiger partial charge in [0.25, 0.3) is 0 Å². The first-order valence-corrected chi connectivity index (χ1v) is 10.9. The third-order valence-corrected chi connectivity index (χ3v) is 6.18. The normalized spacial score (nSPS) is 18.7.